The zero-order chi connectivity index (χ0) is 14.8. The highest BCUT2D eigenvalue weighted by atomic mass is 16.7. The monoisotopic (exact) mass is 272 g/mol. The first-order valence-electron chi connectivity index (χ1n) is 7.57. The van der Waals surface area contributed by atoms with Gasteiger partial charge in [-0.1, -0.05) is 32.0 Å². The Labute approximate surface area is 123 Å². The predicted octanol–water partition coefficient (Wildman–Crippen LogP) is 3.11. The fourth-order valence-electron chi connectivity index (χ4n) is 3.20. The van der Waals surface area contributed by atoms with E-state index in [0.717, 1.165) is 11.9 Å². The summed E-state index contributed by atoms with van der Waals surface area (Å²) in [5.41, 5.74) is 3.94. The van der Waals surface area contributed by atoms with Crippen LogP contribution in [0.4, 0.5) is 0 Å². The molecule has 1 saturated heterocycles. The Hall–Kier alpha value is -0.795. The summed E-state index contributed by atoms with van der Waals surface area (Å²) >= 11 is 0. The molecule has 2 nitrogen and oxygen atoms in total. The third-order valence-electron chi connectivity index (χ3n) is 5.09. The Morgan fingerprint density at radius 1 is 0.850 bits per heavy atom. The average Bonchev–Trinajstić information content (AvgIpc) is 2.69. The first-order chi connectivity index (χ1) is 9.10. The number of hydrogen-bond acceptors (Lipinski definition) is 2. The summed E-state index contributed by atoms with van der Waals surface area (Å²) in [4.78, 5) is 0. The summed E-state index contributed by atoms with van der Waals surface area (Å²) in [6.07, 6.45) is 2.32. The van der Waals surface area contributed by atoms with Crippen LogP contribution >= 0.6 is 0 Å². The molecule has 0 bridgehead atoms. The molecule has 0 amide bonds. The molecule has 20 heavy (non-hydrogen) atoms. The van der Waals surface area contributed by atoms with Crippen LogP contribution in [0.25, 0.3) is 0 Å². The molecule has 0 unspecified atom stereocenters. The van der Waals surface area contributed by atoms with Crippen molar-refractivity contribution >= 4 is 12.6 Å². The van der Waals surface area contributed by atoms with Crippen LogP contribution in [0.3, 0.4) is 0 Å². The van der Waals surface area contributed by atoms with Gasteiger partial charge in [0.25, 0.3) is 0 Å². The van der Waals surface area contributed by atoms with E-state index in [4.69, 9.17) is 9.31 Å². The van der Waals surface area contributed by atoms with Crippen LogP contribution in [0.2, 0.25) is 0 Å². The number of hydrogen-bond donors (Lipinski definition) is 0. The fourth-order valence-corrected chi connectivity index (χ4v) is 3.20. The molecule has 1 fully saturated rings. The molecule has 1 aromatic rings. The second-order valence-corrected chi connectivity index (χ2v) is 8.13. The van der Waals surface area contributed by atoms with Gasteiger partial charge in [0.2, 0.25) is 0 Å². The normalized spacial score (nSPS) is 25.8. The van der Waals surface area contributed by atoms with Crippen LogP contribution in [0.15, 0.2) is 18.2 Å². The highest BCUT2D eigenvalue weighted by Gasteiger charge is 2.51. The SMILES string of the molecule is CC1(C)Cc2ccc(B3OC(C)(C)C(C)(C)O3)cc2C1. The minimum absolute atomic E-state index is 0.242. The van der Waals surface area contributed by atoms with Crippen molar-refractivity contribution in [2.75, 3.05) is 0 Å². The second-order valence-electron chi connectivity index (χ2n) is 8.13. The van der Waals surface area contributed by atoms with E-state index in [9.17, 15) is 0 Å². The molecule has 0 atom stereocenters. The largest absolute Gasteiger partial charge is 0.494 e. The molecular formula is C17H25BO2. The third kappa shape index (κ3) is 2.21. The lowest BCUT2D eigenvalue weighted by molar-refractivity contribution is 0.00578. The maximum Gasteiger partial charge on any atom is 0.494 e. The third-order valence-corrected chi connectivity index (χ3v) is 5.09. The Balaban J connectivity index is 1.88. The minimum Gasteiger partial charge on any atom is -0.399 e. The fraction of sp³-hybridized carbons (Fsp3) is 0.647. The topological polar surface area (TPSA) is 18.5 Å². The standard InChI is InChI=1S/C17H25BO2/c1-15(2)10-12-7-8-14(9-13(12)11-15)18-19-16(3,4)17(5,6)20-18/h7-9H,10-11H2,1-6H3. The summed E-state index contributed by atoms with van der Waals surface area (Å²) in [6, 6.07) is 6.71. The van der Waals surface area contributed by atoms with E-state index in [1.54, 1.807) is 0 Å². The van der Waals surface area contributed by atoms with Crippen molar-refractivity contribution in [2.24, 2.45) is 5.41 Å². The van der Waals surface area contributed by atoms with Gasteiger partial charge >= 0.3 is 7.12 Å². The molecule has 0 radical (unpaired) electrons. The van der Waals surface area contributed by atoms with Gasteiger partial charge in [0.05, 0.1) is 11.2 Å². The van der Waals surface area contributed by atoms with Gasteiger partial charge in [-0.2, -0.15) is 0 Å². The minimum atomic E-state index is -0.268. The second kappa shape index (κ2) is 4.11. The van der Waals surface area contributed by atoms with E-state index in [1.807, 2.05) is 0 Å². The molecule has 3 heteroatoms. The molecule has 1 aliphatic heterocycles. The Bertz CT molecular complexity index is 530. The molecule has 3 rings (SSSR count). The first-order valence-corrected chi connectivity index (χ1v) is 7.57. The van der Waals surface area contributed by atoms with E-state index in [0.29, 0.717) is 5.41 Å². The van der Waals surface area contributed by atoms with Gasteiger partial charge in [-0.25, -0.2) is 0 Å². The van der Waals surface area contributed by atoms with Gasteiger partial charge in [-0.15, -0.1) is 0 Å². The van der Waals surface area contributed by atoms with Crippen LogP contribution < -0.4 is 5.46 Å². The lowest BCUT2D eigenvalue weighted by Crippen LogP contribution is -2.41. The van der Waals surface area contributed by atoms with E-state index < -0.39 is 0 Å². The van der Waals surface area contributed by atoms with Crippen molar-refractivity contribution in [1.29, 1.82) is 0 Å². The van der Waals surface area contributed by atoms with Crippen LogP contribution in [-0.2, 0) is 22.2 Å². The maximum atomic E-state index is 6.14. The van der Waals surface area contributed by atoms with Crippen LogP contribution in [0.1, 0.15) is 52.7 Å². The van der Waals surface area contributed by atoms with Gasteiger partial charge < -0.3 is 9.31 Å². The molecule has 0 N–H and O–H groups in total. The Kier molecular flexibility index (Phi) is 2.91. The van der Waals surface area contributed by atoms with Crippen LogP contribution in [-0.4, -0.2) is 18.3 Å². The zero-order valence-corrected chi connectivity index (χ0v) is 13.5. The average molecular weight is 272 g/mol. The van der Waals surface area contributed by atoms with Crippen molar-refractivity contribution < 1.29 is 9.31 Å². The summed E-state index contributed by atoms with van der Waals surface area (Å²) < 4.78 is 12.3. The number of benzene rings is 1. The Morgan fingerprint density at radius 2 is 1.40 bits per heavy atom. The summed E-state index contributed by atoms with van der Waals surface area (Å²) in [5.74, 6) is 0. The van der Waals surface area contributed by atoms with Crippen molar-refractivity contribution in [3.63, 3.8) is 0 Å². The summed E-state index contributed by atoms with van der Waals surface area (Å²) in [5, 5.41) is 0. The van der Waals surface area contributed by atoms with Crippen molar-refractivity contribution in [2.45, 2.75) is 65.6 Å². The van der Waals surface area contributed by atoms with Crippen molar-refractivity contribution in [1.82, 2.24) is 0 Å². The summed E-state index contributed by atoms with van der Waals surface area (Å²) in [6.45, 7) is 13.1. The predicted molar refractivity (Wildman–Crippen MR) is 83.3 cm³/mol. The van der Waals surface area contributed by atoms with Gasteiger partial charge in [0, 0.05) is 0 Å². The van der Waals surface area contributed by atoms with E-state index in [-0.39, 0.29) is 18.3 Å². The van der Waals surface area contributed by atoms with Crippen LogP contribution in [0.5, 0.6) is 0 Å². The van der Waals surface area contributed by atoms with Crippen molar-refractivity contribution in [3.05, 3.63) is 29.3 Å². The highest BCUT2D eigenvalue weighted by molar-refractivity contribution is 6.62. The quantitative estimate of drug-likeness (QED) is 0.731. The molecule has 0 aromatic heterocycles. The van der Waals surface area contributed by atoms with Crippen LogP contribution in [0, 0.1) is 5.41 Å². The van der Waals surface area contributed by atoms with E-state index >= 15 is 0 Å². The molecule has 1 aliphatic carbocycles. The molecule has 0 saturated carbocycles. The highest BCUT2D eigenvalue weighted by Crippen LogP contribution is 2.38. The van der Waals surface area contributed by atoms with Gasteiger partial charge in [0.15, 0.2) is 0 Å². The Morgan fingerprint density at radius 3 is 2.00 bits per heavy atom. The molecule has 0 spiro atoms. The van der Waals surface area contributed by atoms with E-state index in [2.05, 4.69) is 59.7 Å². The lowest BCUT2D eigenvalue weighted by atomic mass is 9.78. The smallest absolute Gasteiger partial charge is 0.399 e. The molecule has 1 aromatic carbocycles. The van der Waals surface area contributed by atoms with Gasteiger partial charge in [-0.3, -0.25) is 0 Å². The maximum absolute atomic E-state index is 6.14. The van der Waals surface area contributed by atoms with Gasteiger partial charge in [-0.05, 0) is 62.5 Å². The molecule has 1 heterocycles. The van der Waals surface area contributed by atoms with Crippen molar-refractivity contribution in [3.8, 4) is 0 Å². The number of fused-ring (bicyclic) bond motifs is 1. The molecule has 108 valence electrons. The molecular weight excluding hydrogens is 247 g/mol. The first kappa shape index (κ1) is 14.2. The van der Waals surface area contributed by atoms with Gasteiger partial charge in [0.1, 0.15) is 0 Å². The molecule has 2 aliphatic rings. The lowest BCUT2D eigenvalue weighted by Gasteiger charge is -2.32. The van der Waals surface area contributed by atoms with E-state index in [1.165, 1.54) is 17.5 Å². The summed E-state index contributed by atoms with van der Waals surface area (Å²) in [7, 11) is -0.242. The number of rotatable bonds is 1. The zero-order valence-electron chi connectivity index (χ0n) is 13.5.